The Morgan fingerprint density at radius 1 is 1.26 bits per heavy atom. The second kappa shape index (κ2) is 4.64. The summed E-state index contributed by atoms with van der Waals surface area (Å²) in [6.07, 6.45) is 5.43. The van der Waals surface area contributed by atoms with Gasteiger partial charge in [-0.2, -0.15) is 11.8 Å². The maximum Gasteiger partial charge on any atom is 0.0784 e. The average molecular weight is 284 g/mol. The number of rotatable bonds is 1. The minimum Gasteiger partial charge on any atom is -0.389 e. The lowest BCUT2D eigenvalue weighted by Gasteiger charge is -2.45. The van der Waals surface area contributed by atoms with Crippen molar-refractivity contribution in [3.8, 4) is 0 Å². The molecule has 110 valence electrons. The van der Waals surface area contributed by atoms with Crippen molar-refractivity contribution in [3.63, 3.8) is 0 Å². The lowest BCUT2D eigenvalue weighted by atomic mass is 9.71. The van der Waals surface area contributed by atoms with Crippen LogP contribution in [0.2, 0.25) is 0 Å². The molecule has 2 heterocycles. The third kappa shape index (κ3) is 2.47. The largest absolute Gasteiger partial charge is 0.389 e. The molecule has 0 bridgehead atoms. The molecule has 4 atom stereocenters. The summed E-state index contributed by atoms with van der Waals surface area (Å²) in [7, 11) is 0. The standard InChI is InChI=1S/C16H28O2S/c1-12-8-14(2,3)10-16(12,17)13-4-6-18-15(9-13)5-7-19-11-15/h12-13,17H,4-11H2,1-3H3. The van der Waals surface area contributed by atoms with Gasteiger partial charge in [0.05, 0.1) is 11.2 Å². The average Bonchev–Trinajstić information content (AvgIpc) is 2.83. The van der Waals surface area contributed by atoms with E-state index in [0.29, 0.717) is 17.3 Å². The van der Waals surface area contributed by atoms with Crippen LogP contribution in [0.3, 0.4) is 0 Å². The molecule has 1 aliphatic carbocycles. The molecule has 0 amide bonds. The summed E-state index contributed by atoms with van der Waals surface area (Å²) in [6.45, 7) is 7.71. The van der Waals surface area contributed by atoms with E-state index in [-0.39, 0.29) is 5.60 Å². The molecule has 3 fully saturated rings. The van der Waals surface area contributed by atoms with Gasteiger partial charge >= 0.3 is 0 Å². The molecule has 0 aromatic rings. The van der Waals surface area contributed by atoms with Gasteiger partial charge in [0.1, 0.15) is 0 Å². The molecule has 2 saturated heterocycles. The minimum atomic E-state index is -0.451. The molecule has 1 N–H and O–H groups in total. The van der Waals surface area contributed by atoms with Crippen LogP contribution in [0.1, 0.15) is 52.9 Å². The van der Waals surface area contributed by atoms with E-state index in [1.165, 1.54) is 12.2 Å². The van der Waals surface area contributed by atoms with Crippen LogP contribution < -0.4 is 0 Å². The molecule has 1 spiro atoms. The lowest BCUT2D eigenvalue weighted by molar-refractivity contribution is -0.143. The fraction of sp³-hybridized carbons (Fsp3) is 1.00. The van der Waals surface area contributed by atoms with Crippen molar-refractivity contribution >= 4 is 11.8 Å². The van der Waals surface area contributed by atoms with Crippen molar-refractivity contribution in [1.82, 2.24) is 0 Å². The molecule has 2 nitrogen and oxygen atoms in total. The summed E-state index contributed by atoms with van der Waals surface area (Å²) in [5, 5.41) is 11.3. The highest BCUT2D eigenvalue weighted by Gasteiger charge is 2.55. The van der Waals surface area contributed by atoms with E-state index in [0.717, 1.165) is 38.0 Å². The van der Waals surface area contributed by atoms with E-state index >= 15 is 0 Å². The fourth-order valence-electron chi connectivity index (χ4n) is 4.88. The van der Waals surface area contributed by atoms with E-state index in [2.05, 4.69) is 20.8 Å². The van der Waals surface area contributed by atoms with Crippen LogP contribution in [0.25, 0.3) is 0 Å². The number of aliphatic hydroxyl groups is 1. The van der Waals surface area contributed by atoms with Crippen LogP contribution in [0.15, 0.2) is 0 Å². The maximum absolute atomic E-state index is 11.3. The molecular formula is C16H28O2S. The van der Waals surface area contributed by atoms with Crippen LogP contribution in [-0.4, -0.2) is 34.4 Å². The molecule has 3 rings (SSSR count). The second-order valence-corrected chi connectivity index (χ2v) is 9.07. The first-order valence-electron chi connectivity index (χ1n) is 7.79. The SMILES string of the molecule is CC1CC(C)(C)CC1(O)C1CCOC2(CCSC2)C1. The second-order valence-electron chi connectivity index (χ2n) is 7.96. The van der Waals surface area contributed by atoms with Crippen LogP contribution in [-0.2, 0) is 4.74 Å². The van der Waals surface area contributed by atoms with Crippen molar-refractivity contribution in [2.75, 3.05) is 18.1 Å². The summed E-state index contributed by atoms with van der Waals surface area (Å²) in [6, 6.07) is 0. The molecule has 2 aliphatic heterocycles. The Bertz CT molecular complexity index is 349. The van der Waals surface area contributed by atoms with Crippen LogP contribution in [0.4, 0.5) is 0 Å². The Morgan fingerprint density at radius 2 is 2.05 bits per heavy atom. The van der Waals surface area contributed by atoms with Gasteiger partial charge in [-0.25, -0.2) is 0 Å². The minimum absolute atomic E-state index is 0.0930. The zero-order chi connectivity index (χ0) is 13.7. The number of ether oxygens (including phenoxy) is 1. The quantitative estimate of drug-likeness (QED) is 0.799. The van der Waals surface area contributed by atoms with Crippen molar-refractivity contribution in [2.24, 2.45) is 17.3 Å². The Balaban J connectivity index is 1.78. The first kappa shape index (κ1) is 14.2. The Kier molecular flexibility index (Phi) is 3.47. The molecule has 3 aliphatic rings. The van der Waals surface area contributed by atoms with Crippen molar-refractivity contribution in [3.05, 3.63) is 0 Å². The summed E-state index contributed by atoms with van der Waals surface area (Å²) in [5.74, 6) is 3.23. The zero-order valence-electron chi connectivity index (χ0n) is 12.6. The Morgan fingerprint density at radius 3 is 2.63 bits per heavy atom. The highest BCUT2D eigenvalue weighted by Crippen LogP contribution is 2.55. The summed E-state index contributed by atoms with van der Waals surface area (Å²) < 4.78 is 6.12. The van der Waals surface area contributed by atoms with Gasteiger partial charge in [-0.05, 0) is 55.1 Å². The molecule has 0 aromatic carbocycles. The van der Waals surface area contributed by atoms with Gasteiger partial charge in [-0.1, -0.05) is 20.8 Å². The molecule has 0 radical (unpaired) electrons. The lowest BCUT2D eigenvalue weighted by Crippen LogP contribution is -2.50. The van der Waals surface area contributed by atoms with Gasteiger partial charge < -0.3 is 9.84 Å². The molecular weight excluding hydrogens is 256 g/mol. The van der Waals surface area contributed by atoms with Crippen molar-refractivity contribution in [1.29, 1.82) is 0 Å². The summed E-state index contributed by atoms with van der Waals surface area (Å²) >= 11 is 2.02. The highest BCUT2D eigenvalue weighted by molar-refractivity contribution is 7.99. The third-order valence-corrected chi connectivity index (χ3v) is 6.96. The maximum atomic E-state index is 11.3. The number of hydrogen-bond donors (Lipinski definition) is 1. The predicted molar refractivity (Wildman–Crippen MR) is 80.5 cm³/mol. The normalized spacial score (nSPS) is 49.9. The van der Waals surface area contributed by atoms with E-state index in [1.54, 1.807) is 0 Å². The Labute approximate surface area is 121 Å². The molecule has 4 unspecified atom stereocenters. The van der Waals surface area contributed by atoms with Gasteiger partial charge in [0.25, 0.3) is 0 Å². The first-order valence-corrected chi connectivity index (χ1v) is 8.95. The fourth-order valence-corrected chi connectivity index (χ4v) is 6.26. The number of hydrogen-bond acceptors (Lipinski definition) is 3. The summed E-state index contributed by atoms with van der Waals surface area (Å²) in [4.78, 5) is 0. The van der Waals surface area contributed by atoms with E-state index in [1.807, 2.05) is 11.8 Å². The molecule has 1 saturated carbocycles. The summed E-state index contributed by atoms with van der Waals surface area (Å²) in [5.41, 5.74) is -0.0621. The molecule has 0 aromatic heterocycles. The third-order valence-electron chi connectivity index (χ3n) is 5.74. The van der Waals surface area contributed by atoms with E-state index in [9.17, 15) is 5.11 Å². The van der Waals surface area contributed by atoms with Gasteiger partial charge in [0, 0.05) is 12.4 Å². The van der Waals surface area contributed by atoms with Gasteiger partial charge in [0.15, 0.2) is 0 Å². The van der Waals surface area contributed by atoms with E-state index in [4.69, 9.17) is 4.74 Å². The van der Waals surface area contributed by atoms with Gasteiger partial charge in [-0.3, -0.25) is 0 Å². The molecule has 19 heavy (non-hydrogen) atoms. The van der Waals surface area contributed by atoms with Crippen molar-refractivity contribution in [2.45, 2.75) is 64.1 Å². The highest BCUT2D eigenvalue weighted by atomic mass is 32.2. The monoisotopic (exact) mass is 284 g/mol. The topological polar surface area (TPSA) is 29.5 Å². The van der Waals surface area contributed by atoms with Gasteiger partial charge in [0.2, 0.25) is 0 Å². The Hall–Kier alpha value is 0.270. The van der Waals surface area contributed by atoms with E-state index < -0.39 is 5.60 Å². The number of thioether (sulfide) groups is 1. The smallest absolute Gasteiger partial charge is 0.0784 e. The predicted octanol–water partition coefficient (Wildman–Crippen LogP) is 3.48. The van der Waals surface area contributed by atoms with Crippen LogP contribution in [0.5, 0.6) is 0 Å². The first-order chi connectivity index (χ1) is 8.85. The van der Waals surface area contributed by atoms with Crippen LogP contribution >= 0.6 is 11.8 Å². The zero-order valence-corrected chi connectivity index (χ0v) is 13.4. The van der Waals surface area contributed by atoms with Crippen molar-refractivity contribution < 1.29 is 9.84 Å². The van der Waals surface area contributed by atoms with Gasteiger partial charge in [-0.15, -0.1) is 0 Å². The van der Waals surface area contributed by atoms with Crippen LogP contribution in [0, 0.1) is 17.3 Å². The molecule has 3 heteroatoms.